The molecule has 0 fully saturated rings. The molecule has 1 aliphatic carbocycles. The summed E-state index contributed by atoms with van der Waals surface area (Å²) in [4.78, 5) is 25.0. The molecule has 0 aliphatic heterocycles. The largest absolute Gasteiger partial charge is 0.492 e. The zero-order valence-electron chi connectivity index (χ0n) is 19.2. The Morgan fingerprint density at radius 1 is 1.32 bits per heavy atom. The number of nitrogens with one attached hydrogen (secondary N) is 3. The number of carbonyl (C=O) groups is 1. The van der Waals surface area contributed by atoms with Gasteiger partial charge < -0.3 is 20.4 Å². The lowest BCUT2D eigenvalue weighted by Gasteiger charge is -2.22. The van der Waals surface area contributed by atoms with Gasteiger partial charge in [-0.15, -0.1) is 0 Å². The van der Waals surface area contributed by atoms with Crippen LogP contribution in [0.2, 0.25) is 5.02 Å². The number of anilines is 2. The van der Waals surface area contributed by atoms with E-state index in [-0.39, 0.29) is 17.6 Å². The summed E-state index contributed by atoms with van der Waals surface area (Å²) in [5.74, 6) is 1.05. The summed E-state index contributed by atoms with van der Waals surface area (Å²) in [7, 11) is -3.04. The summed E-state index contributed by atoms with van der Waals surface area (Å²) < 4.78 is 28.3. The van der Waals surface area contributed by atoms with Crippen LogP contribution in [0.15, 0.2) is 24.5 Å². The molecule has 3 N–H and O–H groups in total. The van der Waals surface area contributed by atoms with Crippen molar-refractivity contribution in [2.45, 2.75) is 32.6 Å². The lowest BCUT2D eigenvalue weighted by molar-refractivity contribution is -0.125. The van der Waals surface area contributed by atoms with Crippen LogP contribution < -0.4 is 15.4 Å². The van der Waals surface area contributed by atoms with E-state index < -0.39 is 9.84 Å². The highest BCUT2D eigenvalue weighted by Crippen LogP contribution is 2.37. The van der Waals surface area contributed by atoms with Crippen molar-refractivity contribution >= 4 is 49.9 Å². The van der Waals surface area contributed by atoms with Gasteiger partial charge in [-0.25, -0.2) is 18.4 Å². The quantitative estimate of drug-likeness (QED) is 0.380. The molecule has 9 nitrogen and oxygen atoms in total. The van der Waals surface area contributed by atoms with Crippen LogP contribution in [0.5, 0.6) is 5.75 Å². The van der Waals surface area contributed by atoms with E-state index in [9.17, 15) is 13.2 Å². The Bertz CT molecular complexity index is 1310. The minimum absolute atomic E-state index is 0.0591. The molecule has 1 unspecified atom stereocenters. The normalized spacial score (nSPS) is 15.7. The monoisotopic (exact) mass is 505 g/mol. The fraction of sp³-hybridized carbons (Fsp3) is 0.435. The standard InChI is InChI=1S/C23H28ClN5O4S/c1-3-33-19-12-15(24)6-8-18(19)29-22-20-16-11-14(23(30)25-9-4-10-34(2,31)32)5-7-17(16)28-21(20)26-13-27-22/h6,8,12-14H,3-5,7,9-11H2,1-2H3,(H,25,30)(H2,26,27,28,29). The van der Waals surface area contributed by atoms with Gasteiger partial charge in [-0.3, -0.25) is 4.79 Å². The molecule has 2 aromatic heterocycles. The second-order valence-corrected chi connectivity index (χ2v) is 11.1. The molecule has 1 amide bonds. The SMILES string of the molecule is CCOc1cc(Cl)ccc1Nc1ncnc2[nH]c3c(c12)CC(C(=O)NCCCS(C)(=O)=O)CC3. The summed E-state index contributed by atoms with van der Waals surface area (Å²) in [5.41, 5.74) is 3.52. The maximum atomic E-state index is 12.8. The number of aromatic nitrogens is 3. The van der Waals surface area contributed by atoms with E-state index in [1.807, 2.05) is 13.0 Å². The molecule has 0 spiro atoms. The van der Waals surface area contributed by atoms with Crippen molar-refractivity contribution in [1.82, 2.24) is 20.3 Å². The summed E-state index contributed by atoms with van der Waals surface area (Å²) in [5, 5.41) is 7.67. The molecule has 0 saturated heterocycles. The minimum Gasteiger partial charge on any atom is -0.492 e. The predicted molar refractivity (Wildman–Crippen MR) is 133 cm³/mol. The van der Waals surface area contributed by atoms with E-state index in [0.29, 0.717) is 54.7 Å². The third kappa shape index (κ3) is 5.61. The molecule has 11 heteroatoms. The van der Waals surface area contributed by atoms with Crippen molar-refractivity contribution in [2.24, 2.45) is 5.92 Å². The highest BCUT2D eigenvalue weighted by atomic mass is 35.5. The average molecular weight is 506 g/mol. The maximum absolute atomic E-state index is 12.8. The van der Waals surface area contributed by atoms with E-state index in [4.69, 9.17) is 16.3 Å². The van der Waals surface area contributed by atoms with Gasteiger partial charge in [0.2, 0.25) is 5.91 Å². The van der Waals surface area contributed by atoms with Gasteiger partial charge in [0.15, 0.2) is 0 Å². The lowest BCUT2D eigenvalue weighted by Crippen LogP contribution is -2.35. The van der Waals surface area contributed by atoms with E-state index >= 15 is 0 Å². The molecule has 0 bridgehead atoms. The van der Waals surface area contributed by atoms with Gasteiger partial charge in [-0.1, -0.05) is 11.6 Å². The molecule has 0 radical (unpaired) electrons. The Hall–Kier alpha value is -2.85. The van der Waals surface area contributed by atoms with E-state index in [1.54, 1.807) is 12.1 Å². The van der Waals surface area contributed by atoms with Crippen LogP contribution in [0.25, 0.3) is 11.0 Å². The first-order valence-corrected chi connectivity index (χ1v) is 13.7. The number of ether oxygens (including phenoxy) is 1. The van der Waals surface area contributed by atoms with Crippen molar-refractivity contribution in [1.29, 1.82) is 0 Å². The molecule has 0 saturated carbocycles. The summed E-state index contributed by atoms with van der Waals surface area (Å²) in [6, 6.07) is 5.37. The number of fused-ring (bicyclic) bond motifs is 3. The van der Waals surface area contributed by atoms with Gasteiger partial charge in [-0.2, -0.15) is 0 Å². The number of sulfone groups is 1. The fourth-order valence-corrected chi connectivity index (χ4v) is 5.08. The number of benzene rings is 1. The Balaban J connectivity index is 1.55. The zero-order chi connectivity index (χ0) is 24.3. The topological polar surface area (TPSA) is 126 Å². The molecule has 1 aromatic carbocycles. The van der Waals surface area contributed by atoms with Crippen LogP contribution in [-0.4, -0.2) is 54.4 Å². The van der Waals surface area contributed by atoms with Gasteiger partial charge in [0, 0.05) is 35.5 Å². The van der Waals surface area contributed by atoms with Crippen LogP contribution >= 0.6 is 11.6 Å². The van der Waals surface area contributed by atoms with E-state index in [0.717, 1.165) is 28.8 Å². The first-order chi connectivity index (χ1) is 16.2. The number of aromatic amines is 1. The molecule has 3 aromatic rings. The van der Waals surface area contributed by atoms with Crippen LogP contribution in [0.4, 0.5) is 11.5 Å². The van der Waals surface area contributed by atoms with Crippen LogP contribution in [0.3, 0.4) is 0 Å². The van der Waals surface area contributed by atoms with Crippen molar-refractivity contribution < 1.29 is 17.9 Å². The molecule has 34 heavy (non-hydrogen) atoms. The number of halogens is 1. The number of hydrogen-bond donors (Lipinski definition) is 3. The Morgan fingerprint density at radius 2 is 2.15 bits per heavy atom. The molecule has 1 aliphatic rings. The lowest BCUT2D eigenvalue weighted by atomic mass is 9.86. The number of H-pyrrole nitrogens is 1. The summed E-state index contributed by atoms with van der Waals surface area (Å²) in [6.45, 7) is 2.74. The van der Waals surface area contributed by atoms with Crippen molar-refractivity contribution in [3.8, 4) is 5.75 Å². The van der Waals surface area contributed by atoms with Gasteiger partial charge in [-0.05, 0) is 50.3 Å². The van der Waals surface area contributed by atoms with Crippen LogP contribution in [0, 0.1) is 5.92 Å². The summed E-state index contributed by atoms with van der Waals surface area (Å²) in [6.07, 6.45) is 5.07. The summed E-state index contributed by atoms with van der Waals surface area (Å²) >= 11 is 6.14. The molecule has 1 atom stereocenters. The minimum atomic E-state index is -3.04. The number of nitrogens with zero attached hydrogens (tertiary/aromatic N) is 2. The molecule has 182 valence electrons. The average Bonchev–Trinajstić information content (AvgIpc) is 3.16. The van der Waals surface area contributed by atoms with Crippen molar-refractivity contribution in [2.75, 3.05) is 30.5 Å². The molecular weight excluding hydrogens is 478 g/mol. The number of aryl methyl sites for hydroxylation is 1. The van der Waals surface area contributed by atoms with Gasteiger partial charge in [0.1, 0.15) is 33.4 Å². The highest BCUT2D eigenvalue weighted by Gasteiger charge is 2.29. The number of hydrogen-bond acceptors (Lipinski definition) is 7. The van der Waals surface area contributed by atoms with Gasteiger partial charge in [0.25, 0.3) is 0 Å². The zero-order valence-corrected chi connectivity index (χ0v) is 20.7. The highest BCUT2D eigenvalue weighted by molar-refractivity contribution is 7.90. The van der Waals surface area contributed by atoms with E-state index in [1.165, 1.54) is 12.6 Å². The van der Waals surface area contributed by atoms with E-state index in [2.05, 4.69) is 25.6 Å². The van der Waals surface area contributed by atoms with Crippen molar-refractivity contribution in [3.05, 3.63) is 40.8 Å². The first-order valence-electron chi connectivity index (χ1n) is 11.2. The van der Waals surface area contributed by atoms with Crippen LogP contribution in [-0.2, 0) is 27.5 Å². The van der Waals surface area contributed by atoms with Crippen molar-refractivity contribution in [3.63, 3.8) is 0 Å². The second kappa shape index (κ2) is 10.2. The smallest absolute Gasteiger partial charge is 0.223 e. The number of amides is 1. The molecule has 4 rings (SSSR count). The van der Waals surface area contributed by atoms with Gasteiger partial charge >= 0.3 is 0 Å². The first kappa shape index (κ1) is 24.3. The number of carbonyl (C=O) groups excluding carboxylic acids is 1. The maximum Gasteiger partial charge on any atom is 0.223 e. The Morgan fingerprint density at radius 3 is 2.91 bits per heavy atom. The third-order valence-electron chi connectivity index (χ3n) is 5.83. The molecular formula is C23H28ClN5O4S. The third-order valence-corrected chi connectivity index (χ3v) is 7.10. The Kier molecular flexibility index (Phi) is 7.27. The number of rotatable bonds is 9. The predicted octanol–water partition coefficient (Wildman–Crippen LogP) is 3.41. The van der Waals surface area contributed by atoms with Gasteiger partial charge in [0.05, 0.1) is 23.4 Å². The second-order valence-electron chi connectivity index (χ2n) is 8.44. The fourth-order valence-electron chi connectivity index (χ4n) is 4.25. The molecule has 2 heterocycles. The Labute approximate surface area is 203 Å². The van der Waals surface area contributed by atoms with Crippen LogP contribution in [0.1, 0.15) is 31.0 Å².